The molecule has 1 saturated carbocycles. The van der Waals surface area contributed by atoms with Crippen molar-refractivity contribution in [2.75, 3.05) is 42.9 Å². The van der Waals surface area contributed by atoms with Crippen LogP contribution in [-0.2, 0) is 17.8 Å². The van der Waals surface area contributed by atoms with E-state index in [4.69, 9.17) is 4.98 Å². The fourth-order valence-electron chi connectivity index (χ4n) is 6.43. The predicted octanol–water partition coefficient (Wildman–Crippen LogP) is 3.70. The van der Waals surface area contributed by atoms with Gasteiger partial charge in [0.15, 0.2) is 0 Å². The molecule has 182 valence electrons. The number of fused-ring (bicyclic) bond motifs is 1. The molecule has 2 saturated heterocycles. The zero-order valence-electron chi connectivity index (χ0n) is 20.2. The Morgan fingerprint density at radius 1 is 0.882 bits per heavy atom. The van der Waals surface area contributed by atoms with Gasteiger partial charge in [0.2, 0.25) is 5.91 Å². The summed E-state index contributed by atoms with van der Waals surface area (Å²) in [7, 11) is 0. The number of hydrogen-bond acceptors (Lipinski definition) is 6. The van der Waals surface area contributed by atoms with Gasteiger partial charge in [-0.25, -0.2) is 15.0 Å². The van der Waals surface area contributed by atoms with Gasteiger partial charge in [-0.15, -0.1) is 0 Å². The van der Waals surface area contributed by atoms with E-state index < -0.39 is 0 Å². The van der Waals surface area contributed by atoms with E-state index in [0.717, 1.165) is 56.8 Å². The molecule has 1 aliphatic carbocycles. The Morgan fingerprint density at radius 3 is 2.47 bits per heavy atom. The van der Waals surface area contributed by atoms with Crippen molar-refractivity contribution >= 4 is 17.5 Å². The fraction of sp³-hybridized carbons (Fsp3) is 0.692. The average Bonchev–Trinajstić information content (AvgIpc) is 3.64. The van der Waals surface area contributed by atoms with Crippen LogP contribution in [0.5, 0.6) is 0 Å². The quantitative estimate of drug-likeness (QED) is 0.704. The van der Waals surface area contributed by atoms with Crippen LogP contribution in [-0.4, -0.2) is 63.0 Å². The Labute approximate surface area is 202 Å². The number of nitrogens with one attached hydrogen (secondary N) is 1. The average molecular weight is 464 g/mol. The highest BCUT2D eigenvalue weighted by atomic mass is 16.1. The van der Waals surface area contributed by atoms with E-state index >= 15 is 0 Å². The first-order chi connectivity index (χ1) is 16.7. The van der Waals surface area contributed by atoms with Gasteiger partial charge in [-0.3, -0.25) is 4.79 Å². The van der Waals surface area contributed by atoms with Crippen LogP contribution < -0.4 is 10.2 Å². The van der Waals surface area contributed by atoms with Gasteiger partial charge in [-0.05, 0) is 58.0 Å². The molecule has 1 N–H and O–H groups in total. The van der Waals surface area contributed by atoms with Crippen LogP contribution in [0.25, 0.3) is 0 Å². The number of piperidine rings is 1. The fourth-order valence-corrected chi connectivity index (χ4v) is 6.43. The summed E-state index contributed by atoms with van der Waals surface area (Å²) in [6, 6.07) is 0. The molecule has 34 heavy (non-hydrogen) atoms. The van der Waals surface area contributed by atoms with Gasteiger partial charge in [0, 0.05) is 56.2 Å². The molecule has 1 amide bonds. The smallest absolute Gasteiger partial charge is 0.225 e. The summed E-state index contributed by atoms with van der Waals surface area (Å²) in [4.78, 5) is 31.0. The molecule has 0 spiro atoms. The van der Waals surface area contributed by atoms with Crippen molar-refractivity contribution in [1.82, 2.24) is 24.4 Å². The van der Waals surface area contributed by atoms with Crippen molar-refractivity contribution in [3.05, 3.63) is 29.6 Å². The topological polar surface area (TPSA) is 79.2 Å². The largest absolute Gasteiger partial charge is 0.356 e. The lowest BCUT2D eigenvalue weighted by Gasteiger charge is -2.34. The van der Waals surface area contributed by atoms with E-state index in [-0.39, 0.29) is 5.91 Å². The lowest BCUT2D eigenvalue weighted by Crippen LogP contribution is -2.36. The zero-order chi connectivity index (χ0) is 22.9. The maximum Gasteiger partial charge on any atom is 0.225 e. The minimum absolute atomic E-state index is 0.0506. The minimum Gasteiger partial charge on any atom is -0.356 e. The second-order valence-corrected chi connectivity index (χ2v) is 10.6. The molecule has 5 heterocycles. The third-order valence-corrected chi connectivity index (χ3v) is 8.40. The van der Waals surface area contributed by atoms with E-state index in [1.54, 1.807) is 6.33 Å². The highest BCUT2D eigenvalue weighted by Gasteiger charge is 2.30. The molecule has 0 unspecified atom stereocenters. The molecule has 2 aromatic rings. The van der Waals surface area contributed by atoms with Crippen molar-refractivity contribution < 1.29 is 4.79 Å². The molecule has 3 aliphatic heterocycles. The molecule has 0 aromatic carbocycles. The number of imidazole rings is 1. The van der Waals surface area contributed by atoms with Crippen LogP contribution in [0.1, 0.15) is 86.7 Å². The highest BCUT2D eigenvalue weighted by molar-refractivity contribution is 5.93. The van der Waals surface area contributed by atoms with E-state index in [1.807, 2.05) is 0 Å². The monoisotopic (exact) mass is 463 g/mol. The summed E-state index contributed by atoms with van der Waals surface area (Å²) in [6.45, 7) is 6.66. The minimum atomic E-state index is 0.0506. The second-order valence-electron chi connectivity index (χ2n) is 10.6. The Balaban J connectivity index is 1.17. The summed E-state index contributed by atoms with van der Waals surface area (Å²) < 4.78 is 2.51. The molecule has 0 bridgehead atoms. The molecule has 3 fully saturated rings. The standard InChI is InChI=1S/C26H37N7O/c34-23-8-7-21-24(30-23)27-18-28-26(21)32-13-9-20(10-14-32)25-29-22(19-5-1-2-6-19)17-33(25)16-15-31-11-3-4-12-31/h17-20H,1-16H2,(H,27,28,30,34). The van der Waals surface area contributed by atoms with Gasteiger partial charge in [-0.1, -0.05) is 12.8 Å². The van der Waals surface area contributed by atoms with Crippen LogP contribution in [0, 0.1) is 0 Å². The van der Waals surface area contributed by atoms with Crippen LogP contribution in [0.2, 0.25) is 0 Å². The normalized spacial score (nSPS) is 22.4. The number of nitrogens with zero attached hydrogens (tertiary/aromatic N) is 6. The molecule has 2 aromatic heterocycles. The van der Waals surface area contributed by atoms with Gasteiger partial charge in [0.25, 0.3) is 0 Å². The highest BCUT2D eigenvalue weighted by Crippen LogP contribution is 2.37. The molecule has 0 radical (unpaired) electrons. The Hall–Kier alpha value is -2.48. The maximum absolute atomic E-state index is 11.8. The number of hydrogen-bond donors (Lipinski definition) is 1. The van der Waals surface area contributed by atoms with Crippen LogP contribution in [0.15, 0.2) is 12.5 Å². The van der Waals surface area contributed by atoms with Crippen molar-refractivity contribution in [3.8, 4) is 0 Å². The first kappa shape index (κ1) is 22.0. The van der Waals surface area contributed by atoms with E-state index in [0.29, 0.717) is 24.1 Å². The third kappa shape index (κ3) is 4.44. The van der Waals surface area contributed by atoms with Crippen molar-refractivity contribution in [1.29, 1.82) is 0 Å². The van der Waals surface area contributed by atoms with Gasteiger partial charge >= 0.3 is 0 Å². The lowest BCUT2D eigenvalue weighted by molar-refractivity contribution is -0.116. The van der Waals surface area contributed by atoms with E-state index in [9.17, 15) is 4.79 Å². The lowest BCUT2D eigenvalue weighted by atomic mass is 9.95. The summed E-state index contributed by atoms with van der Waals surface area (Å²) in [5.41, 5.74) is 2.44. The number of anilines is 2. The molecule has 6 rings (SSSR count). The third-order valence-electron chi connectivity index (χ3n) is 8.40. The van der Waals surface area contributed by atoms with Gasteiger partial charge in [-0.2, -0.15) is 0 Å². The summed E-state index contributed by atoms with van der Waals surface area (Å²) in [5.74, 6) is 4.24. The molecular formula is C26H37N7O. The number of amides is 1. The summed E-state index contributed by atoms with van der Waals surface area (Å²) in [6.07, 6.45) is 15.4. The maximum atomic E-state index is 11.8. The van der Waals surface area contributed by atoms with E-state index in [1.165, 1.54) is 63.1 Å². The van der Waals surface area contributed by atoms with Gasteiger partial charge in [0.05, 0.1) is 5.69 Å². The Kier molecular flexibility index (Phi) is 6.24. The van der Waals surface area contributed by atoms with Gasteiger partial charge < -0.3 is 19.7 Å². The molecule has 8 heteroatoms. The van der Waals surface area contributed by atoms with Crippen molar-refractivity contribution in [2.45, 2.75) is 82.6 Å². The molecule has 0 atom stereocenters. The van der Waals surface area contributed by atoms with Crippen molar-refractivity contribution in [3.63, 3.8) is 0 Å². The zero-order valence-corrected chi connectivity index (χ0v) is 20.2. The first-order valence-electron chi connectivity index (χ1n) is 13.4. The van der Waals surface area contributed by atoms with Crippen LogP contribution in [0.4, 0.5) is 11.6 Å². The number of aromatic nitrogens is 4. The molecular weight excluding hydrogens is 426 g/mol. The first-order valence-corrected chi connectivity index (χ1v) is 13.4. The number of carbonyl (C=O) groups is 1. The number of likely N-dealkylation sites (tertiary alicyclic amines) is 1. The van der Waals surface area contributed by atoms with Crippen molar-refractivity contribution in [2.24, 2.45) is 0 Å². The molecule has 8 nitrogen and oxygen atoms in total. The van der Waals surface area contributed by atoms with Crippen LogP contribution in [0.3, 0.4) is 0 Å². The second kappa shape index (κ2) is 9.64. The van der Waals surface area contributed by atoms with E-state index in [2.05, 4.69) is 35.8 Å². The predicted molar refractivity (Wildman–Crippen MR) is 132 cm³/mol. The SMILES string of the molecule is O=C1CCc2c(ncnc2N2CCC(c3nc(C4CCCC4)cn3CCN3CCCC3)CC2)N1. The molecule has 4 aliphatic rings. The summed E-state index contributed by atoms with van der Waals surface area (Å²) in [5, 5.41) is 2.91. The number of rotatable bonds is 6. The summed E-state index contributed by atoms with van der Waals surface area (Å²) >= 11 is 0. The Morgan fingerprint density at radius 2 is 1.68 bits per heavy atom. The van der Waals surface area contributed by atoms with Gasteiger partial charge in [0.1, 0.15) is 23.8 Å². The number of carbonyl (C=O) groups excluding carboxylic acids is 1. The van der Waals surface area contributed by atoms with Crippen LogP contribution >= 0.6 is 0 Å². The Bertz CT molecular complexity index is 1010.